The van der Waals surface area contributed by atoms with Gasteiger partial charge >= 0.3 is 0 Å². The van der Waals surface area contributed by atoms with Crippen molar-refractivity contribution in [2.45, 2.75) is 39.2 Å². The van der Waals surface area contributed by atoms with Crippen LogP contribution in [-0.4, -0.2) is 31.0 Å². The number of amides is 1. The molecule has 1 aliphatic rings. The molecule has 1 rings (SSSR count). The molecule has 1 N–H and O–H groups in total. The molecule has 0 radical (unpaired) electrons. The fraction of sp³-hybridized carbons (Fsp3) is 0.909. The van der Waals surface area contributed by atoms with Gasteiger partial charge in [0.15, 0.2) is 0 Å². The first-order valence-corrected chi connectivity index (χ1v) is 6.04. The zero-order chi connectivity index (χ0) is 11.3. The van der Waals surface area contributed by atoms with E-state index < -0.39 is 0 Å². The van der Waals surface area contributed by atoms with Crippen LogP contribution in [0, 0.1) is 5.41 Å². The third-order valence-electron chi connectivity index (χ3n) is 2.58. The summed E-state index contributed by atoms with van der Waals surface area (Å²) >= 11 is 5.78. The van der Waals surface area contributed by atoms with Crippen LogP contribution in [-0.2, 0) is 9.53 Å². The summed E-state index contributed by atoms with van der Waals surface area (Å²) in [6.07, 6.45) is 2.74. The highest BCUT2D eigenvalue weighted by Crippen LogP contribution is 2.16. The van der Waals surface area contributed by atoms with Crippen LogP contribution in [0.25, 0.3) is 0 Å². The number of halogens is 1. The van der Waals surface area contributed by atoms with Crippen molar-refractivity contribution in [2.75, 3.05) is 19.0 Å². The molecule has 0 spiro atoms. The lowest BCUT2D eigenvalue weighted by molar-refractivity contribution is -0.135. The Balaban J connectivity index is 2.28. The number of ether oxygens (including phenoxy) is 1. The predicted molar refractivity (Wildman–Crippen MR) is 61.1 cm³/mol. The van der Waals surface area contributed by atoms with Crippen LogP contribution in [0.5, 0.6) is 0 Å². The molecule has 1 heterocycles. The highest BCUT2D eigenvalue weighted by Gasteiger charge is 2.24. The smallest absolute Gasteiger partial charge is 0.249 e. The molecular formula is C11H20ClNO2. The number of carbonyl (C=O) groups is 1. The van der Waals surface area contributed by atoms with Gasteiger partial charge in [0.25, 0.3) is 0 Å². The summed E-state index contributed by atoms with van der Waals surface area (Å²) in [5.74, 6) is 0.548. The summed E-state index contributed by atoms with van der Waals surface area (Å²) < 4.78 is 5.39. The topological polar surface area (TPSA) is 38.3 Å². The Morgan fingerprint density at radius 2 is 2.27 bits per heavy atom. The van der Waals surface area contributed by atoms with E-state index in [0.29, 0.717) is 19.0 Å². The molecule has 1 saturated heterocycles. The van der Waals surface area contributed by atoms with Crippen LogP contribution in [0.4, 0.5) is 0 Å². The maximum atomic E-state index is 11.7. The van der Waals surface area contributed by atoms with E-state index in [9.17, 15) is 4.79 Å². The van der Waals surface area contributed by atoms with Gasteiger partial charge in [-0.25, -0.2) is 0 Å². The fourth-order valence-electron chi connectivity index (χ4n) is 1.43. The monoisotopic (exact) mass is 233 g/mol. The molecule has 88 valence electrons. The van der Waals surface area contributed by atoms with Gasteiger partial charge in [-0.3, -0.25) is 4.79 Å². The molecular weight excluding hydrogens is 214 g/mol. The average Bonchev–Trinajstić information content (AvgIpc) is 2.27. The highest BCUT2D eigenvalue weighted by atomic mass is 35.5. The minimum atomic E-state index is -0.245. The normalized spacial score (nSPS) is 22.5. The van der Waals surface area contributed by atoms with Gasteiger partial charge in [0, 0.05) is 19.0 Å². The standard InChI is InChI=1S/C11H20ClNO2/c1-11(2,7-12)8-13-10(14)9-5-3-4-6-15-9/h9H,3-8H2,1-2H3,(H,13,14). The summed E-state index contributed by atoms with van der Waals surface area (Å²) in [4.78, 5) is 11.7. The van der Waals surface area contributed by atoms with E-state index >= 15 is 0 Å². The van der Waals surface area contributed by atoms with Crippen LogP contribution in [0.2, 0.25) is 0 Å². The summed E-state index contributed by atoms with van der Waals surface area (Å²) in [5.41, 5.74) is -0.0497. The zero-order valence-corrected chi connectivity index (χ0v) is 10.3. The van der Waals surface area contributed by atoms with Gasteiger partial charge in [-0.15, -0.1) is 11.6 Å². The molecule has 0 saturated carbocycles. The Morgan fingerprint density at radius 1 is 1.53 bits per heavy atom. The molecule has 3 nitrogen and oxygen atoms in total. The molecule has 0 aromatic rings. The van der Waals surface area contributed by atoms with Gasteiger partial charge < -0.3 is 10.1 Å². The van der Waals surface area contributed by atoms with Crippen molar-refractivity contribution in [3.63, 3.8) is 0 Å². The number of carbonyl (C=O) groups excluding carboxylic acids is 1. The maximum absolute atomic E-state index is 11.7. The first kappa shape index (κ1) is 12.8. The van der Waals surface area contributed by atoms with E-state index in [1.807, 2.05) is 13.8 Å². The van der Waals surface area contributed by atoms with Crippen molar-refractivity contribution in [3.8, 4) is 0 Å². The van der Waals surface area contributed by atoms with Gasteiger partial charge in [-0.1, -0.05) is 13.8 Å². The molecule has 15 heavy (non-hydrogen) atoms. The zero-order valence-electron chi connectivity index (χ0n) is 9.51. The minimum Gasteiger partial charge on any atom is -0.368 e. The van der Waals surface area contributed by atoms with Crippen LogP contribution >= 0.6 is 11.6 Å². The molecule has 0 aromatic heterocycles. The second-order valence-electron chi connectivity index (χ2n) is 4.87. The lowest BCUT2D eigenvalue weighted by Crippen LogP contribution is -2.42. The molecule has 0 bridgehead atoms. The Hall–Kier alpha value is -0.280. The van der Waals surface area contributed by atoms with Gasteiger partial charge in [0.1, 0.15) is 6.10 Å². The Labute approximate surface area is 96.5 Å². The predicted octanol–water partition coefficient (Wildman–Crippen LogP) is 1.94. The molecule has 1 fully saturated rings. The largest absolute Gasteiger partial charge is 0.368 e. The van der Waals surface area contributed by atoms with Gasteiger partial charge in [0.2, 0.25) is 5.91 Å². The molecule has 0 aromatic carbocycles. The number of alkyl halides is 1. The number of nitrogens with one attached hydrogen (secondary N) is 1. The third-order valence-corrected chi connectivity index (χ3v) is 3.30. The van der Waals surface area contributed by atoms with E-state index in [1.165, 1.54) is 0 Å². The molecule has 1 amide bonds. The van der Waals surface area contributed by atoms with Crippen molar-refractivity contribution < 1.29 is 9.53 Å². The van der Waals surface area contributed by atoms with E-state index in [1.54, 1.807) is 0 Å². The lowest BCUT2D eigenvalue weighted by atomic mass is 9.96. The van der Waals surface area contributed by atoms with Crippen molar-refractivity contribution in [3.05, 3.63) is 0 Å². The van der Waals surface area contributed by atoms with Crippen molar-refractivity contribution in [2.24, 2.45) is 5.41 Å². The van der Waals surface area contributed by atoms with Crippen LogP contribution in [0.1, 0.15) is 33.1 Å². The summed E-state index contributed by atoms with van der Waals surface area (Å²) in [6.45, 7) is 5.37. The van der Waals surface area contributed by atoms with Crippen LogP contribution < -0.4 is 5.32 Å². The van der Waals surface area contributed by atoms with Crippen molar-refractivity contribution >= 4 is 17.5 Å². The number of rotatable bonds is 4. The van der Waals surface area contributed by atoms with Crippen LogP contribution in [0.3, 0.4) is 0 Å². The van der Waals surface area contributed by atoms with E-state index in [4.69, 9.17) is 16.3 Å². The Morgan fingerprint density at radius 3 is 2.80 bits per heavy atom. The Bertz CT molecular complexity index is 213. The van der Waals surface area contributed by atoms with Crippen molar-refractivity contribution in [1.82, 2.24) is 5.32 Å². The minimum absolute atomic E-state index is 0.00731. The summed E-state index contributed by atoms with van der Waals surface area (Å²) in [7, 11) is 0. The lowest BCUT2D eigenvalue weighted by Gasteiger charge is -2.25. The molecule has 1 unspecified atom stereocenters. The number of hydrogen-bond donors (Lipinski definition) is 1. The third kappa shape index (κ3) is 4.39. The SMILES string of the molecule is CC(C)(CCl)CNC(=O)C1CCCCO1. The first-order valence-electron chi connectivity index (χ1n) is 5.50. The van der Waals surface area contributed by atoms with E-state index in [-0.39, 0.29) is 17.4 Å². The summed E-state index contributed by atoms with van der Waals surface area (Å²) in [6, 6.07) is 0. The molecule has 4 heteroatoms. The van der Waals surface area contributed by atoms with Crippen LogP contribution in [0.15, 0.2) is 0 Å². The first-order chi connectivity index (χ1) is 7.05. The van der Waals surface area contributed by atoms with Gasteiger partial charge in [0.05, 0.1) is 0 Å². The van der Waals surface area contributed by atoms with Gasteiger partial charge in [-0.2, -0.15) is 0 Å². The quantitative estimate of drug-likeness (QED) is 0.754. The van der Waals surface area contributed by atoms with E-state index in [0.717, 1.165) is 19.3 Å². The summed E-state index contributed by atoms with van der Waals surface area (Å²) in [5, 5.41) is 2.90. The number of hydrogen-bond acceptors (Lipinski definition) is 2. The second kappa shape index (κ2) is 5.71. The Kier molecular flexibility index (Phi) is 4.87. The van der Waals surface area contributed by atoms with Crippen molar-refractivity contribution in [1.29, 1.82) is 0 Å². The average molecular weight is 234 g/mol. The molecule has 1 aliphatic heterocycles. The molecule has 1 atom stereocenters. The fourth-order valence-corrected chi connectivity index (χ4v) is 1.53. The highest BCUT2D eigenvalue weighted by molar-refractivity contribution is 6.18. The maximum Gasteiger partial charge on any atom is 0.249 e. The van der Waals surface area contributed by atoms with E-state index in [2.05, 4.69) is 5.32 Å². The molecule has 0 aliphatic carbocycles. The van der Waals surface area contributed by atoms with Gasteiger partial charge in [-0.05, 0) is 24.7 Å². The second-order valence-corrected chi connectivity index (χ2v) is 5.14.